The molecule has 0 fully saturated rings. The van der Waals surface area contributed by atoms with E-state index in [4.69, 9.17) is 4.99 Å². The van der Waals surface area contributed by atoms with Gasteiger partial charge in [-0.15, -0.1) is 12.4 Å². The average Bonchev–Trinajstić information content (AvgIpc) is 2.73. The first kappa shape index (κ1) is 16.4. The minimum Gasteiger partial charge on any atom is -0.285 e. The summed E-state index contributed by atoms with van der Waals surface area (Å²) in [4.78, 5) is 4.82. The molecule has 0 radical (unpaired) electrons. The van der Waals surface area contributed by atoms with Gasteiger partial charge in [0.05, 0.1) is 17.9 Å². The molecule has 0 bridgehead atoms. The lowest BCUT2D eigenvalue weighted by molar-refractivity contribution is 0.741. The first-order valence-electron chi connectivity index (χ1n) is 7.61. The van der Waals surface area contributed by atoms with Gasteiger partial charge in [0, 0.05) is 6.42 Å². The molecule has 3 rings (SSSR count). The van der Waals surface area contributed by atoms with Gasteiger partial charge in [-0.2, -0.15) is 0 Å². The Morgan fingerprint density at radius 2 is 1.77 bits per heavy atom. The van der Waals surface area contributed by atoms with Crippen LogP contribution in [0.25, 0.3) is 0 Å². The number of halogens is 1. The maximum atomic E-state index is 4.82. The molecule has 0 aromatic heterocycles. The number of amidine groups is 1. The fraction of sp³-hybridized carbons (Fsp3) is 0.278. The predicted octanol–water partition coefficient (Wildman–Crippen LogP) is 4.85. The van der Waals surface area contributed by atoms with Gasteiger partial charge < -0.3 is 0 Å². The van der Waals surface area contributed by atoms with Gasteiger partial charge in [0.2, 0.25) is 0 Å². The predicted molar refractivity (Wildman–Crippen MR) is 96.1 cm³/mol. The van der Waals surface area contributed by atoms with Gasteiger partial charge in [-0.3, -0.25) is 10.4 Å². The van der Waals surface area contributed by atoms with Crippen LogP contribution in [-0.4, -0.2) is 5.84 Å². The minimum atomic E-state index is 0. The summed E-state index contributed by atoms with van der Waals surface area (Å²) >= 11 is 0. The molecule has 0 atom stereocenters. The highest BCUT2D eigenvalue weighted by Crippen LogP contribution is 2.25. The Bertz CT molecular complexity index is 625. The highest BCUT2D eigenvalue weighted by molar-refractivity contribution is 5.87. The first-order valence-corrected chi connectivity index (χ1v) is 7.61. The highest BCUT2D eigenvalue weighted by atomic mass is 35.5. The number of hydrazine groups is 1. The van der Waals surface area contributed by atoms with Crippen molar-refractivity contribution in [1.29, 1.82) is 0 Å². The van der Waals surface area contributed by atoms with Crippen molar-refractivity contribution in [3.8, 4) is 0 Å². The van der Waals surface area contributed by atoms with Crippen molar-refractivity contribution in [2.24, 2.45) is 4.99 Å². The molecule has 1 aliphatic heterocycles. The Balaban J connectivity index is 0.00000176. The number of fused-ring (bicyclic) bond motifs is 1. The van der Waals surface area contributed by atoms with Crippen LogP contribution in [0.3, 0.4) is 0 Å². The standard InChI is InChI=1S/C18H21N3.ClH/c1-2-3-13-18-19-17-12-8-7-9-15(17)14-21(20-18)16-10-5-4-6-11-16;/h4-12H,2-3,13-14H2,1H3,(H,19,20);1H. The zero-order valence-corrected chi connectivity index (χ0v) is 13.6. The van der Waals surface area contributed by atoms with Crippen molar-refractivity contribution in [2.45, 2.75) is 32.7 Å². The third-order valence-corrected chi connectivity index (χ3v) is 3.67. The van der Waals surface area contributed by atoms with Crippen LogP contribution in [-0.2, 0) is 6.54 Å². The minimum absolute atomic E-state index is 0. The van der Waals surface area contributed by atoms with Gasteiger partial charge >= 0.3 is 0 Å². The Morgan fingerprint density at radius 3 is 2.55 bits per heavy atom. The summed E-state index contributed by atoms with van der Waals surface area (Å²) in [5.74, 6) is 1.05. The topological polar surface area (TPSA) is 27.6 Å². The number of para-hydroxylation sites is 2. The van der Waals surface area contributed by atoms with Crippen LogP contribution in [0.2, 0.25) is 0 Å². The maximum Gasteiger partial charge on any atom is 0.121 e. The smallest absolute Gasteiger partial charge is 0.121 e. The molecule has 0 unspecified atom stereocenters. The quantitative estimate of drug-likeness (QED) is 0.873. The highest BCUT2D eigenvalue weighted by Gasteiger charge is 2.15. The molecule has 0 amide bonds. The number of aliphatic imine (C=N–C) groups is 1. The third-order valence-electron chi connectivity index (χ3n) is 3.67. The third kappa shape index (κ3) is 3.80. The lowest BCUT2D eigenvalue weighted by Crippen LogP contribution is -2.40. The summed E-state index contributed by atoms with van der Waals surface area (Å²) in [6, 6.07) is 18.8. The fourth-order valence-electron chi connectivity index (χ4n) is 2.51. The van der Waals surface area contributed by atoms with Crippen molar-refractivity contribution in [2.75, 3.05) is 5.01 Å². The summed E-state index contributed by atoms with van der Waals surface area (Å²) < 4.78 is 0. The van der Waals surface area contributed by atoms with Gasteiger partial charge in [0.25, 0.3) is 0 Å². The average molecular weight is 316 g/mol. The first-order chi connectivity index (χ1) is 10.4. The van der Waals surface area contributed by atoms with Gasteiger partial charge in [0.1, 0.15) is 5.84 Å². The van der Waals surface area contributed by atoms with Crippen LogP contribution >= 0.6 is 12.4 Å². The van der Waals surface area contributed by atoms with E-state index in [-0.39, 0.29) is 12.4 Å². The Labute approximate surface area is 138 Å². The molecule has 1 aliphatic rings. The normalized spacial score (nSPS) is 13.3. The van der Waals surface area contributed by atoms with Crippen LogP contribution in [0.1, 0.15) is 31.7 Å². The number of hydrogen-bond acceptors (Lipinski definition) is 3. The van der Waals surface area contributed by atoms with E-state index < -0.39 is 0 Å². The number of benzene rings is 2. The zero-order chi connectivity index (χ0) is 14.5. The summed E-state index contributed by atoms with van der Waals surface area (Å²) in [7, 11) is 0. The summed E-state index contributed by atoms with van der Waals surface area (Å²) in [5.41, 5.74) is 6.99. The molecule has 116 valence electrons. The molecule has 3 nitrogen and oxygen atoms in total. The number of hydrogen-bond donors (Lipinski definition) is 1. The Morgan fingerprint density at radius 1 is 1.05 bits per heavy atom. The number of unbranched alkanes of at least 4 members (excludes halogenated alkanes) is 1. The summed E-state index contributed by atoms with van der Waals surface area (Å²) in [6.07, 6.45) is 3.30. The Kier molecular flexibility index (Phi) is 5.84. The SMILES string of the molecule is CCCCC1=Nc2ccccc2CN(c2ccccc2)N1.Cl. The van der Waals surface area contributed by atoms with Crippen molar-refractivity contribution >= 4 is 29.6 Å². The molecule has 0 saturated carbocycles. The molecule has 0 aliphatic carbocycles. The number of anilines is 1. The van der Waals surface area contributed by atoms with E-state index in [1.54, 1.807) is 0 Å². The molecule has 0 spiro atoms. The van der Waals surface area contributed by atoms with Gasteiger partial charge in [-0.25, -0.2) is 4.99 Å². The molecule has 4 heteroatoms. The van der Waals surface area contributed by atoms with E-state index in [0.717, 1.165) is 30.9 Å². The molecular weight excluding hydrogens is 294 g/mol. The second kappa shape index (κ2) is 7.85. The van der Waals surface area contributed by atoms with E-state index >= 15 is 0 Å². The van der Waals surface area contributed by atoms with Crippen LogP contribution in [0.15, 0.2) is 59.6 Å². The molecule has 1 N–H and O–H groups in total. The van der Waals surface area contributed by atoms with Crippen LogP contribution in [0.4, 0.5) is 11.4 Å². The fourth-order valence-corrected chi connectivity index (χ4v) is 2.51. The van der Waals surface area contributed by atoms with E-state index in [2.05, 4.69) is 65.9 Å². The van der Waals surface area contributed by atoms with Crippen molar-refractivity contribution in [1.82, 2.24) is 5.43 Å². The molecular formula is C18H22ClN3. The van der Waals surface area contributed by atoms with E-state index in [0.29, 0.717) is 0 Å². The van der Waals surface area contributed by atoms with Gasteiger partial charge in [-0.1, -0.05) is 49.7 Å². The maximum absolute atomic E-state index is 4.82. The number of rotatable bonds is 4. The van der Waals surface area contributed by atoms with Crippen LogP contribution in [0.5, 0.6) is 0 Å². The molecule has 0 saturated heterocycles. The van der Waals surface area contributed by atoms with E-state index in [9.17, 15) is 0 Å². The number of nitrogens with zero attached hydrogens (tertiary/aromatic N) is 2. The lowest BCUT2D eigenvalue weighted by atomic mass is 10.1. The van der Waals surface area contributed by atoms with E-state index in [1.807, 2.05) is 6.07 Å². The second-order valence-electron chi connectivity index (χ2n) is 5.32. The van der Waals surface area contributed by atoms with Crippen LogP contribution in [0, 0.1) is 0 Å². The van der Waals surface area contributed by atoms with Gasteiger partial charge in [0.15, 0.2) is 0 Å². The van der Waals surface area contributed by atoms with Crippen molar-refractivity contribution in [3.63, 3.8) is 0 Å². The van der Waals surface area contributed by atoms with Crippen LogP contribution < -0.4 is 10.4 Å². The summed E-state index contributed by atoms with van der Waals surface area (Å²) in [5, 5.41) is 2.18. The van der Waals surface area contributed by atoms with E-state index in [1.165, 1.54) is 17.7 Å². The zero-order valence-electron chi connectivity index (χ0n) is 12.8. The summed E-state index contributed by atoms with van der Waals surface area (Å²) in [6.45, 7) is 3.03. The lowest BCUT2D eigenvalue weighted by Gasteiger charge is -2.25. The second-order valence-corrected chi connectivity index (χ2v) is 5.32. The molecule has 1 heterocycles. The van der Waals surface area contributed by atoms with Crippen molar-refractivity contribution in [3.05, 3.63) is 60.2 Å². The molecule has 2 aromatic rings. The molecule has 22 heavy (non-hydrogen) atoms. The molecule has 2 aromatic carbocycles. The number of nitrogens with one attached hydrogen (secondary N) is 1. The van der Waals surface area contributed by atoms with Gasteiger partial charge in [-0.05, 0) is 30.2 Å². The largest absolute Gasteiger partial charge is 0.285 e. The van der Waals surface area contributed by atoms with Crippen molar-refractivity contribution < 1.29 is 0 Å². The Hall–Kier alpha value is -2.00. The monoisotopic (exact) mass is 315 g/mol.